The first-order valence-electron chi connectivity index (χ1n) is 7.19. The van der Waals surface area contributed by atoms with Gasteiger partial charge in [-0.3, -0.25) is 9.59 Å². The number of nitrogens with one attached hydrogen (secondary N) is 2. The van der Waals surface area contributed by atoms with Crippen molar-refractivity contribution < 1.29 is 19.1 Å². The largest absolute Gasteiger partial charge is 0.482 e. The fraction of sp³-hybridized carbons (Fsp3) is 0.467. The molecule has 1 aromatic rings. The lowest BCUT2D eigenvalue weighted by Gasteiger charge is -2.11. The summed E-state index contributed by atoms with van der Waals surface area (Å²) >= 11 is 0. The molecule has 0 heterocycles. The Morgan fingerprint density at radius 3 is 2.82 bits per heavy atom. The van der Waals surface area contributed by atoms with Gasteiger partial charge in [0.2, 0.25) is 0 Å². The zero-order valence-corrected chi connectivity index (χ0v) is 12.6. The summed E-state index contributed by atoms with van der Waals surface area (Å²) in [6.45, 7) is 0.685. The number of rotatable bonds is 8. The van der Waals surface area contributed by atoms with Crippen molar-refractivity contribution in [2.45, 2.75) is 18.9 Å². The molecule has 0 saturated heterocycles. The summed E-state index contributed by atoms with van der Waals surface area (Å²) in [6, 6.07) is 5.06. The average molecular weight is 307 g/mol. The zero-order valence-electron chi connectivity index (χ0n) is 12.6. The molecule has 2 amide bonds. The van der Waals surface area contributed by atoms with E-state index in [4.69, 9.17) is 15.2 Å². The first-order valence-corrected chi connectivity index (χ1v) is 7.19. The number of nitrogen functional groups attached to an aromatic ring is 1. The van der Waals surface area contributed by atoms with Gasteiger partial charge in [-0.05, 0) is 31.0 Å². The normalized spacial score (nSPS) is 13.5. The summed E-state index contributed by atoms with van der Waals surface area (Å²) in [6.07, 6.45) is 2.04. The van der Waals surface area contributed by atoms with Crippen molar-refractivity contribution in [3.8, 4) is 5.75 Å². The second-order valence-electron chi connectivity index (χ2n) is 5.13. The third-order valence-electron chi connectivity index (χ3n) is 3.18. The molecule has 0 radical (unpaired) electrons. The van der Waals surface area contributed by atoms with E-state index in [0.29, 0.717) is 30.2 Å². The number of nitrogens with two attached hydrogens (primary N) is 1. The maximum Gasteiger partial charge on any atom is 0.258 e. The van der Waals surface area contributed by atoms with Crippen molar-refractivity contribution in [3.63, 3.8) is 0 Å². The van der Waals surface area contributed by atoms with Crippen molar-refractivity contribution >= 4 is 17.5 Å². The Morgan fingerprint density at radius 1 is 1.36 bits per heavy atom. The molecular formula is C15H21N3O4. The summed E-state index contributed by atoms with van der Waals surface area (Å²) in [7, 11) is 1.56. The van der Waals surface area contributed by atoms with Crippen LogP contribution in [0.25, 0.3) is 0 Å². The lowest BCUT2D eigenvalue weighted by atomic mass is 10.2. The van der Waals surface area contributed by atoms with Crippen LogP contribution in [-0.2, 0) is 9.53 Å². The quantitative estimate of drug-likeness (QED) is 0.473. The molecule has 4 N–H and O–H groups in total. The first kappa shape index (κ1) is 16.1. The highest BCUT2D eigenvalue weighted by Crippen LogP contribution is 2.24. The van der Waals surface area contributed by atoms with Crippen molar-refractivity contribution in [2.75, 3.05) is 32.6 Å². The van der Waals surface area contributed by atoms with Gasteiger partial charge in [-0.1, -0.05) is 0 Å². The Morgan fingerprint density at radius 2 is 2.14 bits per heavy atom. The molecule has 120 valence electrons. The lowest BCUT2D eigenvalue weighted by molar-refractivity contribution is -0.123. The third kappa shape index (κ3) is 4.92. The van der Waals surface area contributed by atoms with E-state index in [9.17, 15) is 9.59 Å². The molecular weight excluding hydrogens is 286 g/mol. The van der Waals surface area contributed by atoms with Gasteiger partial charge >= 0.3 is 0 Å². The van der Waals surface area contributed by atoms with E-state index in [0.717, 1.165) is 12.8 Å². The fourth-order valence-electron chi connectivity index (χ4n) is 1.78. The molecule has 0 unspecified atom stereocenters. The van der Waals surface area contributed by atoms with Crippen molar-refractivity contribution in [3.05, 3.63) is 23.8 Å². The van der Waals surface area contributed by atoms with Gasteiger partial charge in [0, 0.05) is 25.3 Å². The van der Waals surface area contributed by atoms with Crippen molar-refractivity contribution in [1.29, 1.82) is 0 Å². The standard InChI is InChI=1S/C15H21N3O4/c1-21-7-6-17-14(19)9-22-13-8-10(2-5-12(13)16)15(20)18-11-3-4-11/h2,5,8,11H,3-4,6-7,9,16H2,1H3,(H,17,19)(H,18,20). The topological polar surface area (TPSA) is 103 Å². The second-order valence-corrected chi connectivity index (χ2v) is 5.13. The van der Waals surface area contributed by atoms with Gasteiger partial charge in [-0.25, -0.2) is 0 Å². The molecule has 7 nitrogen and oxygen atoms in total. The van der Waals surface area contributed by atoms with E-state index in [1.165, 1.54) is 0 Å². The Hall–Kier alpha value is -2.28. The summed E-state index contributed by atoms with van der Waals surface area (Å²) in [5.41, 5.74) is 6.65. The van der Waals surface area contributed by atoms with E-state index in [1.54, 1.807) is 25.3 Å². The maximum atomic E-state index is 12.0. The van der Waals surface area contributed by atoms with E-state index in [2.05, 4.69) is 10.6 Å². The number of hydrogen-bond acceptors (Lipinski definition) is 5. The minimum absolute atomic E-state index is 0.156. The number of ether oxygens (including phenoxy) is 2. The molecule has 1 aromatic carbocycles. The molecule has 0 bridgehead atoms. The number of anilines is 1. The Kier molecular flexibility index (Phi) is 5.60. The van der Waals surface area contributed by atoms with Gasteiger partial charge < -0.3 is 25.8 Å². The Labute approximate surface area is 129 Å². The highest BCUT2D eigenvalue weighted by atomic mass is 16.5. The van der Waals surface area contributed by atoms with E-state index < -0.39 is 0 Å². The minimum atomic E-state index is -0.274. The number of amides is 2. The number of carbonyl (C=O) groups excluding carboxylic acids is 2. The van der Waals surface area contributed by atoms with Crippen molar-refractivity contribution in [2.24, 2.45) is 0 Å². The smallest absolute Gasteiger partial charge is 0.258 e. The van der Waals surface area contributed by atoms with Crippen LogP contribution in [0.1, 0.15) is 23.2 Å². The summed E-state index contributed by atoms with van der Waals surface area (Å²) in [4.78, 5) is 23.5. The van der Waals surface area contributed by atoms with Crippen LogP contribution in [0, 0.1) is 0 Å². The van der Waals surface area contributed by atoms with Crippen LogP contribution in [-0.4, -0.2) is 44.7 Å². The molecule has 7 heteroatoms. The summed E-state index contributed by atoms with van der Waals surface area (Å²) < 4.78 is 10.2. The molecule has 1 aliphatic carbocycles. The van der Waals surface area contributed by atoms with Crippen LogP contribution < -0.4 is 21.1 Å². The number of benzene rings is 1. The van der Waals surface area contributed by atoms with E-state index >= 15 is 0 Å². The SMILES string of the molecule is COCCNC(=O)COc1cc(C(=O)NC2CC2)ccc1N. The lowest BCUT2D eigenvalue weighted by Crippen LogP contribution is -2.31. The molecule has 0 spiro atoms. The maximum absolute atomic E-state index is 12.0. The third-order valence-corrected chi connectivity index (χ3v) is 3.18. The number of carbonyl (C=O) groups is 2. The van der Waals surface area contributed by atoms with Crippen LogP contribution in [0.5, 0.6) is 5.75 Å². The minimum Gasteiger partial charge on any atom is -0.482 e. The van der Waals surface area contributed by atoms with Crippen LogP contribution in [0.2, 0.25) is 0 Å². The first-order chi connectivity index (χ1) is 10.6. The van der Waals surface area contributed by atoms with Gasteiger partial charge in [0.1, 0.15) is 5.75 Å². The number of methoxy groups -OCH3 is 1. The van der Waals surface area contributed by atoms with E-state index in [1.807, 2.05) is 0 Å². The zero-order chi connectivity index (χ0) is 15.9. The molecule has 1 fully saturated rings. The molecule has 1 aliphatic rings. The average Bonchev–Trinajstić information content (AvgIpc) is 3.30. The van der Waals surface area contributed by atoms with Gasteiger partial charge in [0.15, 0.2) is 6.61 Å². The van der Waals surface area contributed by atoms with Gasteiger partial charge in [0.25, 0.3) is 11.8 Å². The van der Waals surface area contributed by atoms with Crippen LogP contribution in [0.4, 0.5) is 5.69 Å². The number of hydrogen-bond donors (Lipinski definition) is 3. The fourth-order valence-corrected chi connectivity index (χ4v) is 1.78. The molecule has 0 aliphatic heterocycles. The predicted molar refractivity (Wildman–Crippen MR) is 81.7 cm³/mol. The Balaban J connectivity index is 1.89. The monoisotopic (exact) mass is 307 g/mol. The highest BCUT2D eigenvalue weighted by Gasteiger charge is 2.24. The molecule has 0 atom stereocenters. The highest BCUT2D eigenvalue weighted by molar-refractivity contribution is 5.95. The molecule has 1 saturated carbocycles. The van der Waals surface area contributed by atoms with E-state index in [-0.39, 0.29) is 24.5 Å². The second kappa shape index (κ2) is 7.65. The summed E-state index contributed by atoms with van der Waals surface area (Å²) in [5, 5.41) is 5.52. The predicted octanol–water partition coefficient (Wildman–Crippen LogP) is 0.302. The van der Waals surface area contributed by atoms with Crippen LogP contribution in [0.3, 0.4) is 0 Å². The van der Waals surface area contributed by atoms with Crippen LogP contribution in [0.15, 0.2) is 18.2 Å². The molecule has 2 rings (SSSR count). The molecule has 0 aromatic heterocycles. The Bertz CT molecular complexity index is 544. The van der Waals surface area contributed by atoms with Crippen LogP contribution >= 0.6 is 0 Å². The molecule has 22 heavy (non-hydrogen) atoms. The van der Waals surface area contributed by atoms with Gasteiger partial charge in [-0.2, -0.15) is 0 Å². The van der Waals surface area contributed by atoms with Gasteiger partial charge in [0.05, 0.1) is 12.3 Å². The van der Waals surface area contributed by atoms with Gasteiger partial charge in [-0.15, -0.1) is 0 Å². The summed E-state index contributed by atoms with van der Waals surface area (Å²) in [5.74, 6) is -0.105. The van der Waals surface area contributed by atoms with Crippen molar-refractivity contribution in [1.82, 2.24) is 10.6 Å².